The molecule has 0 amide bonds. The molecule has 1 aliphatic rings. The number of hydrogen-bond acceptors (Lipinski definition) is 4. The fourth-order valence-electron chi connectivity index (χ4n) is 2.20. The first-order chi connectivity index (χ1) is 7.65. The van der Waals surface area contributed by atoms with Gasteiger partial charge in [0.2, 0.25) is 0 Å². The molecule has 0 saturated carbocycles. The first-order valence-electron chi connectivity index (χ1n) is 6.33. The Balaban J connectivity index is 2.21. The number of piperazine rings is 1. The van der Waals surface area contributed by atoms with Gasteiger partial charge in [-0.2, -0.15) is 0 Å². The molecular weight excluding hydrogens is 202 g/mol. The average Bonchev–Trinajstić information content (AvgIpc) is 2.27. The maximum absolute atomic E-state index is 5.63. The van der Waals surface area contributed by atoms with Gasteiger partial charge in [0.25, 0.3) is 0 Å². The molecule has 1 heterocycles. The minimum Gasteiger partial charge on any atom is -0.379 e. The second-order valence-electron chi connectivity index (χ2n) is 5.09. The second-order valence-corrected chi connectivity index (χ2v) is 5.09. The lowest BCUT2D eigenvalue weighted by Crippen LogP contribution is -2.50. The molecule has 0 aliphatic carbocycles. The maximum atomic E-state index is 5.63. The van der Waals surface area contributed by atoms with Gasteiger partial charge in [0, 0.05) is 52.9 Å². The van der Waals surface area contributed by atoms with E-state index in [1.807, 2.05) is 0 Å². The summed E-state index contributed by atoms with van der Waals surface area (Å²) < 4.78 is 5.31. The molecule has 4 heteroatoms. The van der Waals surface area contributed by atoms with Gasteiger partial charge in [-0.15, -0.1) is 0 Å². The molecule has 1 rings (SSSR count). The van der Waals surface area contributed by atoms with Crippen molar-refractivity contribution in [3.63, 3.8) is 0 Å². The zero-order valence-corrected chi connectivity index (χ0v) is 11.0. The summed E-state index contributed by atoms with van der Waals surface area (Å²) in [5, 5.41) is 0. The van der Waals surface area contributed by atoms with Crippen molar-refractivity contribution in [3.05, 3.63) is 0 Å². The third kappa shape index (κ3) is 4.78. The molecule has 0 spiro atoms. The van der Waals surface area contributed by atoms with Crippen molar-refractivity contribution in [2.45, 2.75) is 20.0 Å². The number of nitrogens with zero attached hydrogens (tertiary/aromatic N) is 2. The Labute approximate surface area is 99.7 Å². The summed E-state index contributed by atoms with van der Waals surface area (Å²) in [5.74, 6) is 0.766. The fourth-order valence-corrected chi connectivity index (χ4v) is 2.20. The van der Waals surface area contributed by atoms with Gasteiger partial charge < -0.3 is 15.4 Å². The molecule has 4 nitrogen and oxygen atoms in total. The van der Waals surface area contributed by atoms with Crippen LogP contribution in [0.3, 0.4) is 0 Å². The topological polar surface area (TPSA) is 41.7 Å². The Morgan fingerprint density at radius 1 is 1.06 bits per heavy atom. The molecule has 1 unspecified atom stereocenters. The normalized spacial score (nSPS) is 21.6. The predicted molar refractivity (Wildman–Crippen MR) is 67.6 cm³/mol. The van der Waals surface area contributed by atoms with Crippen LogP contribution in [-0.2, 0) is 4.74 Å². The molecule has 1 atom stereocenters. The monoisotopic (exact) mass is 229 g/mol. The molecule has 1 fully saturated rings. The minimum atomic E-state index is 0.191. The number of nitrogens with two attached hydrogens (primary N) is 1. The lowest BCUT2D eigenvalue weighted by Gasteiger charge is -2.36. The van der Waals surface area contributed by atoms with Crippen LogP contribution in [-0.4, -0.2) is 68.8 Å². The van der Waals surface area contributed by atoms with E-state index >= 15 is 0 Å². The molecule has 1 aliphatic heterocycles. The van der Waals surface area contributed by atoms with Crippen LogP contribution in [0, 0.1) is 5.92 Å². The highest BCUT2D eigenvalue weighted by atomic mass is 16.5. The van der Waals surface area contributed by atoms with Crippen LogP contribution in [0.4, 0.5) is 0 Å². The van der Waals surface area contributed by atoms with Crippen molar-refractivity contribution in [2.75, 3.05) is 52.9 Å². The van der Waals surface area contributed by atoms with Gasteiger partial charge >= 0.3 is 0 Å². The Bertz CT molecular complexity index is 175. The van der Waals surface area contributed by atoms with Crippen LogP contribution in [0.25, 0.3) is 0 Å². The van der Waals surface area contributed by atoms with E-state index in [4.69, 9.17) is 10.5 Å². The number of hydrogen-bond donors (Lipinski definition) is 1. The largest absolute Gasteiger partial charge is 0.379 e. The van der Waals surface area contributed by atoms with Crippen LogP contribution < -0.4 is 5.73 Å². The van der Waals surface area contributed by atoms with E-state index in [9.17, 15) is 0 Å². The summed E-state index contributed by atoms with van der Waals surface area (Å²) in [6.45, 7) is 12.0. The van der Waals surface area contributed by atoms with E-state index in [-0.39, 0.29) is 6.10 Å². The summed E-state index contributed by atoms with van der Waals surface area (Å²) in [6, 6.07) is 0. The van der Waals surface area contributed by atoms with Crippen molar-refractivity contribution >= 4 is 0 Å². The highest BCUT2D eigenvalue weighted by Gasteiger charge is 2.19. The molecule has 0 aromatic heterocycles. The number of methoxy groups -OCH3 is 1. The third-order valence-corrected chi connectivity index (χ3v) is 3.15. The van der Waals surface area contributed by atoms with Gasteiger partial charge in [-0.25, -0.2) is 0 Å². The van der Waals surface area contributed by atoms with Gasteiger partial charge in [0.05, 0.1) is 6.10 Å². The van der Waals surface area contributed by atoms with Crippen molar-refractivity contribution < 1.29 is 4.74 Å². The Morgan fingerprint density at radius 3 is 1.94 bits per heavy atom. The SMILES string of the molecule is COC(CN)CN1CCN(CC(C)C)CC1. The molecule has 96 valence electrons. The first-order valence-corrected chi connectivity index (χ1v) is 6.33. The number of rotatable bonds is 6. The van der Waals surface area contributed by atoms with E-state index in [1.54, 1.807) is 7.11 Å². The highest BCUT2D eigenvalue weighted by molar-refractivity contribution is 4.75. The Morgan fingerprint density at radius 2 is 1.56 bits per heavy atom. The summed E-state index contributed by atoms with van der Waals surface area (Å²) in [7, 11) is 1.74. The zero-order valence-electron chi connectivity index (χ0n) is 11.0. The Kier molecular flexibility index (Phi) is 6.28. The lowest BCUT2D eigenvalue weighted by molar-refractivity contribution is 0.0452. The van der Waals surface area contributed by atoms with Crippen molar-refractivity contribution in [1.29, 1.82) is 0 Å². The summed E-state index contributed by atoms with van der Waals surface area (Å²) in [5.41, 5.74) is 5.63. The van der Waals surface area contributed by atoms with E-state index in [0.717, 1.165) is 25.6 Å². The van der Waals surface area contributed by atoms with Gasteiger partial charge in [0.15, 0.2) is 0 Å². The quantitative estimate of drug-likeness (QED) is 0.708. The van der Waals surface area contributed by atoms with Crippen LogP contribution in [0.1, 0.15) is 13.8 Å². The van der Waals surface area contributed by atoms with E-state index in [1.165, 1.54) is 19.6 Å². The minimum absolute atomic E-state index is 0.191. The predicted octanol–water partition coefficient (Wildman–Crippen LogP) is 0.234. The van der Waals surface area contributed by atoms with Crippen molar-refractivity contribution in [2.24, 2.45) is 11.7 Å². The van der Waals surface area contributed by atoms with E-state index in [0.29, 0.717) is 6.54 Å². The average molecular weight is 229 g/mol. The maximum Gasteiger partial charge on any atom is 0.0820 e. The van der Waals surface area contributed by atoms with Gasteiger partial charge in [-0.1, -0.05) is 13.8 Å². The lowest BCUT2D eigenvalue weighted by atomic mass is 10.2. The third-order valence-electron chi connectivity index (χ3n) is 3.15. The van der Waals surface area contributed by atoms with Gasteiger partial charge in [-0.05, 0) is 5.92 Å². The van der Waals surface area contributed by atoms with Crippen LogP contribution in [0.2, 0.25) is 0 Å². The van der Waals surface area contributed by atoms with E-state index < -0.39 is 0 Å². The molecule has 0 aromatic carbocycles. The second kappa shape index (κ2) is 7.22. The smallest absolute Gasteiger partial charge is 0.0820 e. The van der Waals surface area contributed by atoms with Gasteiger partial charge in [0.1, 0.15) is 0 Å². The molecule has 0 aromatic rings. The van der Waals surface area contributed by atoms with Crippen molar-refractivity contribution in [1.82, 2.24) is 9.80 Å². The molecule has 1 saturated heterocycles. The van der Waals surface area contributed by atoms with Crippen molar-refractivity contribution in [3.8, 4) is 0 Å². The van der Waals surface area contributed by atoms with Crippen LogP contribution in [0.15, 0.2) is 0 Å². The standard InChI is InChI=1S/C12H27N3O/c1-11(2)9-14-4-6-15(7-5-14)10-12(8-13)16-3/h11-12H,4-10,13H2,1-3H3. The molecular formula is C12H27N3O. The van der Waals surface area contributed by atoms with Gasteiger partial charge in [-0.3, -0.25) is 4.90 Å². The molecule has 2 N–H and O–H groups in total. The van der Waals surface area contributed by atoms with Crippen LogP contribution >= 0.6 is 0 Å². The molecule has 0 radical (unpaired) electrons. The zero-order chi connectivity index (χ0) is 12.0. The summed E-state index contributed by atoms with van der Waals surface area (Å²) in [4.78, 5) is 5.00. The highest BCUT2D eigenvalue weighted by Crippen LogP contribution is 2.06. The first kappa shape index (κ1) is 13.9. The summed E-state index contributed by atoms with van der Waals surface area (Å²) in [6.07, 6.45) is 0.191. The fraction of sp³-hybridized carbons (Fsp3) is 1.00. The molecule has 16 heavy (non-hydrogen) atoms. The van der Waals surface area contributed by atoms with E-state index in [2.05, 4.69) is 23.6 Å². The molecule has 0 bridgehead atoms. The number of ether oxygens (including phenoxy) is 1. The summed E-state index contributed by atoms with van der Waals surface area (Å²) >= 11 is 0. The Hall–Kier alpha value is -0.160. The van der Waals surface area contributed by atoms with Crippen LogP contribution in [0.5, 0.6) is 0 Å².